The molecule has 0 aliphatic heterocycles. The van der Waals surface area contributed by atoms with Gasteiger partial charge in [-0.05, 0) is 52.2 Å². The maximum Gasteiger partial charge on any atom is 0.253 e. The van der Waals surface area contributed by atoms with Gasteiger partial charge in [-0.3, -0.25) is 4.79 Å². The normalized spacial score (nSPS) is 10.3. The second-order valence-corrected chi connectivity index (χ2v) is 4.73. The van der Waals surface area contributed by atoms with Gasteiger partial charge in [0.05, 0.1) is 11.6 Å². The largest absolute Gasteiger partial charge is 0.339 e. The van der Waals surface area contributed by atoms with Gasteiger partial charge in [-0.2, -0.15) is 5.26 Å². The summed E-state index contributed by atoms with van der Waals surface area (Å²) in [5, 5.41) is 8.86. The molecule has 1 amide bonds. The van der Waals surface area contributed by atoms with Crippen LogP contribution in [-0.4, -0.2) is 49.4 Å². The Kier molecular flexibility index (Phi) is 6.04. The number of hydrogen-bond donors (Lipinski definition) is 0. The van der Waals surface area contributed by atoms with E-state index < -0.39 is 0 Å². The van der Waals surface area contributed by atoms with Gasteiger partial charge in [0.25, 0.3) is 5.91 Å². The second-order valence-electron chi connectivity index (χ2n) is 4.73. The molecular weight excluding hydrogens is 238 g/mol. The third kappa shape index (κ3) is 4.72. The molecule has 0 saturated carbocycles. The summed E-state index contributed by atoms with van der Waals surface area (Å²) < 4.78 is 0. The van der Waals surface area contributed by atoms with Gasteiger partial charge in [-0.1, -0.05) is 6.07 Å². The van der Waals surface area contributed by atoms with E-state index in [1.165, 1.54) is 0 Å². The summed E-state index contributed by atoms with van der Waals surface area (Å²) in [7, 11) is 4.04. The number of hydrogen-bond acceptors (Lipinski definition) is 3. The van der Waals surface area contributed by atoms with Gasteiger partial charge >= 0.3 is 0 Å². The summed E-state index contributed by atoms with van der Waals surface area (Å²) in [6.45, 7) is 4.36. The van der Waals surface area contributed by atoms with Crippen molar-refractivity contribution in [2.45, 2.75) is 13.3 Å². The number of carbonyl (C=O) groups excluding carboxylic acids is 1. The molecule has 1 aromatic carbocycles. The molecule has 0 saturated heterocycles. The van der Waals surface area contributed by atoms with Crippen LogP contribution in [0.2, 0.25) is 0 Å². The first-order chi connectivity index (χ1) is 9.08. The quantitative estimate of drug-likeness (QED) is 0.784. The number of amides is 1. The van der Waals surface area contributed by atoms with Gasteiger partial charge in [-0.15, -0.1) is 0 Å². The van der Waals surface area contributed by atoms with E-state index in [2.05, 4.69) is 11.0 Å². The van der Waals surface area contributed by atoms with E-state index in [1.54, 1.807) is 24.3 Å². The van der Waals surface area contributed by atoms with Crippen molar-refractivity contribution in [3.8, 4) is 6.07 Å². The molecule has 19 heavy (non-hydrogen) atoms. The van der Waals surface area contributed by atoms with Gasteiger partial charge in [-0.25, -0.2) is 0 Å². The molecule has 0 bridgehead atoms. The zero-order valence-electron chi connectivity index (χ0n) is 11.9. The first kappa shape index (κ1) is 15.2. The number of nitriles is 1. The molecule has 0 aromatic heterocycles. The average molecular weight is 259 g/mol. The van der Waals surface area contributed by atoms with E-state index in [-0.39, 0.29) is 5.91 Å². The Bertz CT molecular complexity index is 463. The molecule has 0 aliphatic rings. The van der Waals surface area contributed by atoms with Crippen molar-refractivity contribution in [2.75, 3.05) is 33.7 Å². The van der Waals surface area contributed by atoms with E-state index >= 15 is 0 Å². The molecule has 4 nitrogen and oxygen atoms in total. The minimum Gasteiger partial charge on any atom is -0.339 e. The van der Waals surface area contributed by atoms with Crippen LogP contribution < -0.4 is 0 Å². The monoisotopic (exact) mass is 259 g/mol. The maximum atomic E-state index is 12.3. The molecule has 0 N–H and O–H groups in total. The van der Waals surface area contributed by atoms with Crippen LogP contribution in [0.1, 0.15) is 29.3 Å². The zero-order chi connectivity index (χ0) is 14.3. The minimum atomic E-state index is -0.00152. The summed E-state index contributed by atoms with van der Waals surface area (Å²) in [5.74, 6) is -0.00152. The molecular formula is C15H21N3O. The number of nitrogens with zero attached hydrogens (tertiary/aromatic N) is 3. The lowest BCUT2D eigenvalue weighted by Crippen LogP contribution is -2.33. The highest BCUT2D eigenvalue weighted by atomic mass is 16.2. The van der Waals surface area contributed by atoms with E-state index in [9.17, 15) is 4.79 Å². The number of rotatable bonds is 6. The van der Waals surface area contributed by atoms with Crippen LogP contribution in [0, 0.1) is 11.3 Å². The van der Waals surface area contributed by atoms with Crippen molar-refractivity contribution >= 4 is 5.91 Å². The lowest BCUT2D eigenvalue weighted by molar-refractivity contribution is 0.0759. The molecule has 0 aliphatic carbocycles. The van der Waals surface area contributed by atoms with E-state index in [0.29, 0.717) is 17.7 Å². The zero-order valence-corrected chi connectivity index (χ0v) is 11.9. The highest BCUT2D eigenvalue weighted by Crippen LogP contribution is 2.08. The Morgan fingerprint density at radius 1 is 1.32 bits per heavy atom. The molecule has 102 valence electrons. The fourth-order valence-electron chi connectivity index (χ4n) is 1.89. The van der Waals surface area contributed by atoms with Crippen LogP contribution >= 0.6 is 0 Å². The van der Waals surface area contributed by atoms with Crippen LogP contribution in [0.25, 0.3) is 0 Å². The first-order valence-electron chi connectivity index (χ1n) is 6.52. The van der Waals surface area contributed by atoms with Crippen LogP contribution in [-0.2, 0) is 0 Å². The second kappa shape index (κ2) is 7.55. The van der Waals surface area contributed by atoms with Crippen molar-refractivity contribution in [2.24, 2.45) is 0 Å². The fourth-order valence-corrected chi connectivity index (χ4v) is 1.89. The maximum absolute atomic E-state index is 12.3. The summed E-state index contributed by atoms with van der Waals surface area (Å²) in [5.41, 5.74) is 1.11. The Morgan fingerprint density at radius 2 is 2.05 bits per heavy atom. The van der Waals surface area contributed by atoms with Crippen molar-refractivity contribution < 1.29 is 4.79 Å². The molecule has 0 fully saturated rings. The van der Waals surface area contributed by atoms with Crippen molar-refractivity contribution in [1.29, 1.82) is 5.26 Å². The van der Waals surface area contributed by atoms with Crippen LogP contribution in [0.5, 0.6) is 0 Å². The molecule has 0 heterocycles. The van der Waals surface area contributed by atoms with Crippen molar-refractivity contribution in [3.05, 3.63) is 35.4 Å². The smallest absolute Gasteiger partial charge is 0.253 e. The predicted octanol–water partition coefficient (Wildman–Crippen LogP) is 1.97. The number of benzene rings is 1. The van der Waals surface area contributed by atoms with Gasteiger partial charge in [0.1, 0.15) is 0 Å². The Labute approximate surface area is 115 Å². The molecule has 4 heteroatoms. The summed E-state index contributed by atoms with van der Waals surface area (Å²) in [6, 6.07) is 8.93. The highest BCUT2D eigenvalue weighted by molar-refractivity contribution is 5.94. The highest BCUT2D eigenvalue weighted by Gasteiger charge is 2.14. The van der Waals surface area contributed by atoms with Crippen LogP contribution in [0.4, 0.5) is 0 Å². The Balaban J connectivity index is 2.69. The van der Waals surface area contributed by atoms with E-state index in [1.807, 2.05) is 25.9 Å². The first-order valence-corrected chi connectivity index (χ1v) is 6.52. The van der Waals surface area contributed by atoms with Gasteiger partial charge in [0.15, 0.2) is 0 Å². The Hall–Kier alpha value is -1.86. The van der Waals surface area contributed by atoms with Crippen molar-refractivity contribution in [1.82, 2.24) is 9.80 Å². The molecule has 1 aromatic rings. The fraction of sp³-hybridized carbons (Fsp3) is 0.467. The third-order valence-corrected chi connectivity index (χ3v) is 2.94. The summed E-state index contributed by atoms with van der Waals surface area (Å²) >= 11 is 0. The van der Waals surface area contributed by atoms with Crippen LogP contribution in [0.3, 0.4) is 0 Å². The van der Waals surface area contributed by atoms with Gasteiger partial charge in [0.2, 0.25) is 0 Å². The third-order valence-electron chi connectivity index (χ3n) is 2.94. The topological polar surface area (TPSA) is 47.3 Å². The molecule has 0 atom stereocenters. The number of carbonyl (C=O) groups is 1. The lowest BCUT2D eigenvalue weighted by Gasteiger charge is -2.22. The van der Waals surface area contributed by atoms with Crippen LogP contribution in [0.15, 0.2) is 24.3 Å². The van der Waals surface area contributed by atoms with Gasteiger partial charge in [0, 0.05) is 18.7 Å². The average Bonchev–Trinajstić information content (AvgIpc) is 2.42. The van der Waals surface area contributed by atoms with E-state index in [0.717, 1.165) is 19.5 Å². The standard InChI is InChI=1S/C15H21N3O/c1-4-18(10-6-9-17(2)3)15(19)14-8-5-7-13(11-14)12-16/h5,7-8,11H,4,6,9-10H2,1-3H3. The Morgan fingerprint density at radius 3 is 2.63 bits per heavy atom. The van der Waals surface area contributed by atoms with E-state index in [4.69, 9.17) is 5.26 Å². The molecule has 0 radical (unpaired) electrons. The summed E-state index contributed by atoms with van der Waals surface area (Å²) in [4.78, 5) is 16.2. The SMILES string of the molecule is CCN(CCCN(C)C)C(=O)c1cccc(C#N)c1. The predicted molar refractivity (Wildman–Crippen MR) is 75.9 cm³/mol. The lowest BCUT2D eigenvalue weighted by atomic mass is 10.1. The molecule has 1 rings (SSSR count). The molecule has 0 unspecified atom stereocenters. The van der Waals surface area contributed by atoms with Gasteiger partial charge < -0.3 is 9.80 Å². The minimum absolute atomic E-state index is 0.00152. The molecule has 0 spiro atoms. The summed E-state index contributed by atoms with van der Waals surface area (Å²) in [6.07, 6.45) is 0.949. The van der Waals surface area contributed by atoms with Crippen molar-refractivity contribution in [3.63, 3.8) is 0 Å².